The molecule has 1 aromatic rings. The zero-order valence-electron chi connectivity index (χ0n) is 9.74. The van der Waals surface area contributed by atoms with Crippen LogP contribution in [0, 0.1) is 0 Å². The molecule has 0 aromatic carbocycles. The van der Waals surface area contributed by atoms with Gasteiger partial charge in [-0.1, -0.05) is 0 Å². The van der Waals surface area contributed by atoms with Gasteiger partial charge in [0.1, 0.15) is 5.01 Å². The zero-order chi connectivity index (χ0) is 13.0. The lowest BCUT2D eigenvalue weighted by molar-refractivity contribution is -0.125. The van der Waals surface area contributed by atoms with E-state index >= 15 is 0 Å². The van der Waals surface area contributed by atoms with Crippen LogP contribution in [0.5, 0.6) is 0 Å². The molecule has 1 aliphatic carbocycles. The Morgan fingerprint density at radius 3 is 2.83 bits per heavy atom. The van der Waals surface area contributed by atoms with Crippen molar-refractivity contribution < 1.29 is 9.59 Å². The molecule has 1 heterocycles. The predicted octanol–water partition coefficient (Wildman–Crippen LogP) is 0.819. The largest absolute Gasteiger partial charge is 0.352 e. The van der Waals surface area contributed by atoms with Gasteiger partial charge in [0.05, 0.1) is 24.5 Å². The van der Waals surface area contributed by atoms with Crippen LogP contribution in [-0.4, -0.2) is 29.4 Å². The van der Waals surface area contributed by atoms with Crippen LogP contribution in [0.3, 0.4) is 0 Å². The summed E-state index contributed by atoms with van der Waals surface area (Å²) in [5.41, 5.74) is 0.774. The summed E-state index contributed by atoms with van der Waals surface area (Å²) in [6.45, 7) is 0.0308. The molecule has 0 radical (unpaired) electrons. The molecule has 1 saturated carbocycles. The van der Waals surface area contributed by atoms with Crippen molar-refractivity contribution >= 4 is 34.8 Å². The summed E-state index contributed by atoms with van der Waals surface area (Å²) in [5.74, 6) is 0.0184. The highest BCUT2D eigenvalue weighted by Crippen LogP contribution is 2.18. The van der Waals surface area contributed by atoms with Crippen LogP contribution >= 0.6 is 22.9 Å². The minimum absolute atomic E-state index is 0.0308. The molecule has 1 fully saturated rings. The summed E-state index contributed by atoms with van der Waals surface area (Å²) in [5, 5.41) is 7.92. The van der Waals surface area contributed by atoms with Gasteiger partial charge in [-0.05, 0) is 12.8 Å². The summed E-state index contributed by atoms with van der Waals surface area (Å²) in [4.78, 5) is 27.1. The number of carbonyl (C=O) groups is 2. The molecule has 0 saturated heterocycles. The highest BCUT2D eigenvalue weighted by molar-refractivity contribution is 7.09. The Morgan fingerprint density at radius 2 is 2.22 bits per heavy atom. The number of alkyl halides is 1. The van der Waals surface area contributed by atoms with Crippen molar-refractivity contribution in [3.8, 4) is 0 Å². The van der Waals surface area contributed by atoms with Gasteiger partial charge in [-0.2, -0.15) is 0 Å². The fourth-order valence-corrected chi connectivity index (χ4v) is 2.40. The van der Waals surface area contributed by atoms with Crippen LogP contribution in [0.15, 0.2) is 5.38 Å². The molecule has 2 N–H and O–H groups in total. The van der Waals surface area contributed by atoms with Gasteiger partial charge in [-0.25, -0.2) is 4.98 Å². The highest BCUT2D eigenvalue weighted by atomic mass is 35.5. The van der Waals surface area contributed by atoms with Gasteiger partial charge in [0.25, 0.3) is 0 Å². The molecule has 2 amide bonds. The van der Waals surface area contributed by atoms with E-state index in [4.69, 9.17) is 11.6 Å². The standard InChI is InChI=1S/C11H14ClN3O2S/c12-4-8-6-18-11(15-8)3-9(16)13-5-10(17)14-7-1-2-7/h6-7H,1-5H2,(H,13,16)(H,14,17). The number of hydrogen-bond donors (Lipinski definition) is 2. The smallest absolute Gasteiger partial charge is 0.239 e. The van der Waals surface area contributed by atoms with Crippen LogP contribution in [0.1, 0.15) is 23.5 Å². The zero-order valence-corrected chi connectivity index (χ0v) is 11.3. The molecule has 2 rings (SSSR count). The van der Waals surface area contributed by atoms with Gasteiger partial charge in [0, 0.05) is 11.4 Å². The number of rotatable bonds is 6. The van der Waals surface area contributed by atoms with Crippen molar-refractivity contribution in [2.45, 2.75) is 31.2 Å². The normalized spacial score (nSPS) is 14.3. The summed E-state index contributed by atoms with van der Waals surface area (Å²) < 4.78 is 0. The lowest BCUT2D eigenvalue weighted by Crippen LogP contribution is -2.38. The van der Waals surface area contributed by atoms with Crippen molar-refractivity contribution in [2.75, 3.05) is 6.54 Å². The Morgan fingerprint density at radius 1 is 1.44 bits per heavy atom. The van der Waals surface area contributed by atoms with Crippen LogP contribution in [-0.2, 0) is 21.9 Å². The Bertz CT molecular complexity index is 445. The lowest BCUT2D eigenvalue weighted by atomic mass is 10.4. The van der Waals surface area contributed by atoms with Gasteiger partial charge in [0.15, 0.2) is 0 Å². The molecule has 0 atom stereocenters. The van der Waals surface area contributed by atoms with E-state index in [1.165, 1.54) is 11.3 Å². The molecule has 5 nitrogen and oxygen atoms in total. The lowest BCUT2D eigenvalue weighted by Gasteiger charge is -2.04. The SMILES string of the molecule is O=C(Cc1nc(CCl)cs1)NCC(=O)NC1CC1. The Kier molecular flexibility index (Phi) is 4.54. The van der Waals surface area contributed by atoms with Crippen LogP contribution < -0.4 is 10.6 Å². The second-order valence-corrected chi connectivity index (χ2v) is 5.37. The van der Waals surface area contributed by atoms with Crippen LogP contribution in [0.4, 0.5) is 0 Å². The Balaban J connectivity index is 1.69. The predicted molar refractivity (Wildman–Crippen MR) is 69.5 cm³/mol. The molecule has 0 spiro atoms. The van der Waals surface area contributed by atoms with Crippen molar-refractivity contribution in [2.24, 2.45) is 0 Å². The third-order valence-corrected chi connectivity index (χ3v) is 3.61. The van der Waals surface area contributed by atoms with E-state index < -0.39 is 0 Å². The van der Waals surface area contributed by atoms with Gasteiger partial charge in [0.2, 0.25) is 11.8 Å². The molecule has 1 aliphatic rings. The van der Waals surface area contributed by atoms with Crippen molar-refractivity contribution in [3.63, 3.8) is 0 Å². The van der Waals surface area contributed by atoms with Crippen molar-refractivity contribution in [1.29, 1.82) is 0 Å². The first-order valence-corrected chi connectivity index (χ1v) is 7.14. The van der Waals surface area contributed by atoms with E-state index in [9.17, 15) is 9.59 Å². The third-order valence-electron chi connectivity index (χ3n) is 2.44. The molecule has 0 aliphatic heterocycles. The van der Waals surface area contributed by atoms with E-state index in [1.54, 1.807) is 0 Å². The number of halogens is 1. The molecule has 7 heteroatoms. The highest BCUT2D eigenvalue weighted by Gasteiger charge is 2.23. The van der Waals surface area contributed by atoms with Gasteiger partial charge in [-0.15, -0.1) is 22.9 Å². The molecule has 0 unspecified atom stereocenters. The maximum Gasteiger partial charge on any atom is 0.239 e. The van der Waals surface area contributed by atoms with Crippen molar-refractivity contribution in [1.82, 2.24) is 15.6 Å². The first kappa shape index (κ1) is 13.3. The average molecular weight is 288 g/mol. The number of aromatic nitrogens is 1. The number of nitrogens with zero attached hydrogens (tertiary/aromatic N) is 1. The number of nitrogens with one attached hydrogen (secondary N) is 2. The Labute approximate surface area is 114 Å². The van der Waals surface area contributed by atoms with Crippen LogP contribution in [0.25, 0.3) is 0 Å². The van der Waals surface area contributed by atoms with Gasteiger partial charge >= 0.3 is 0 Å². The monoisotopic (exact) mass is 287 g/mol. The van der Waals surface area contributed by atoms with E-state index in [1.807, 2.05) is 5.38 Å². The molecule has 98 valence electrons. The maximum absolute atomic E-state index is 11.6. The Hall–Kier alpha value is -1.14. The minimum Gasteiger partial charge on any atom is -0.352 e. The van der Waals surface area contributed by atoms with E-state index in [2.05, 4.69) is 15.6 Å². The number of carbonyl (C=O) groups excluding carboxylic acids is 2. The first-order chi connectivity index (χ1) is 8.67. The quantitative estimate of drug-likeness (QED) is 0.761. The van der Waals surface area contributed by atoms with Crippen molar-refractivity contribution in [3.05, 3.63) is 16.1 Å². The van der Waals surface area contributed by atoms with Gasteiger partial charge < -0.3 is 10.6 Å². The fraction of sp³-hybridized carbons (Fsp3) is 0.545. The first-order valence-electron chi connectivity index (χ1n) is 5.72. The fourth-order valence-electron chi connectivity index (χ4n) is 1.38. The topological polar surface area (TPSA) is 71.1 Å². The maximum atomic E-state index is 11.6. The number of hydrogen-bond acceptors (Lipinski definition) is 4. The second-order valence-electron chi connectivity index (χ2n) is 4.16. The number of thiazole rings is 1. The van der Waals surface area contributed by atoms with Crippen LogP contribution in [0.2, 0.25) is 0 Å². The van der Waals surface area contributed by atoms with E-state index in [0.717, 1.165) is 18.5 Å². The summed E-state index contributed by atoms with van der Waals surface area (Å²) >= 11 is 7.02. The average Bonchev–Trinajstić information content (AvgIpc) is 3.04. The molecule has 1 aromatic heterocycles. The molecular weight excluding hydrogens is 274 g/mol. The summed E-state index contributed by atoms with van der Waals surface area (Å²) in [7, 11) is 0. The molecule has 0 bridgehead atoms. The second kappa shape index (κ2) is 6.15. The number of amides is 2. The summed E-state index contributed by atoms with van der Waals surface area (Å²) in [6, 6.07) is 0.319. The summed E-state index contributed by atoms with van der Waals surface area (Å²) in [6.07, 6.45) is 2.28. The van der Waals surface area contributed by atoms with E-state index in [-0.39, 0.29) is 24.8 Å². The molecule has 18 heavy (non-hydrogen) atoms. The minimum atomic E-state index is -0.198. The third kappa shape index (κ3) is 4.27. The van der Waals surface area contributed by atoms with Gasteiger partial charge in [-0.3, -0.25) is 9.59 Å². The van der Waals surface area contributed by atoms with E-state index in [0.29, 0.717) is 16.9 Å². The molecular formula is C11H14ClN3O2S.